The monoisotopic (exact) mass is 564 g/mol. The topological polar surface area (TPSA) is 71.3 Å². The second-order valence-corrected chi connectivity index (χ2v) is 9.87. The molecule has 2 N–H and O–H groups in total. The lowest BCUT2D eigenvalue weighted by Crippen LogP contribution is -2.23. The highest BCUT2D eigenvalue weighted by Gasteiger charge is 2.18. The van der Waals surface area contributed by atoms with Gasteiger partial charge < -0.3 is 15.0 Å². The predicted octanol–water partition coefficient (Wildman–Crippen LogP) is 7.57. The first-order valence-corrected chi connectivity index (χ1v) is 12.6. The molecule has 1 amide bonds. The first kappa shape index (κ1) is 26.4. The van der Waals surface area contributed by atoms with E-state index in [4.69, 9.17) is 28.3 Å². The van der Waals surface area contributed by atoms with Gasteiger partial charge in [0.15, 0.2) is 11.6 Å². The minimum absolute atomic E-state index is 0.143. The zero-order valence-corrected chi connectivity index (χ0v) is 21.7. The van der Waals surface area contributed by atoms with Gasteiger partial charge in [0.2, 0.25) is 0 Å². The van der Waals surface area contributed by atoms with Crippen LogP contribution >= 0.6 is 23.2 Å². The van der Waals surface area contributed by atoms with Crippen LogP contribution in [-0.2, 0) is 13.1 Å². The van der Waals surface area contributed by atoms with Crippen molar-refractivity contribution in [3.05, 3.63) is 129 Å². The highest BCUT2D eigenvalue weighted by molar-refractivity contribution is 6.34. The zero-order chi connectivity index (χ0) is 27.7. The van der Waals surface area contributed by atoms with Gasteiger partial charge in [0.05, 0.1) is 16.6 Å². The number of carboxylic acid groups (broad SMARTS) is 1. The van der Waals surface area contributed by atoms with Crippen molar-refractivity contribution in [3.8, 4) is 11.1 Å². The maximum absolute atomic E-state index is 14.0. The third-order valence-electron chi connectivity index (χ3n) is 6.29. The maximum atomic E-state index is 14.0. The van der Waals surface area contributed by atoms with Gasteiger partial charge in [-0.15, -0.1) is 0 Å². The van der Waals surface area contributed by atoms with Crippen LogP contribution in [-0.4, -0.2) is 21.6 Å². The molecule has 5 aromatic rings. The molecule has 39 heavy (non-hydrogen) atoms. The van der Waals surface area contributed by atoms with E-state index in [1.54, 1.807) is 36.4 Å². The molecule has 4 aromatic carbocycles. The second kappa shape index (κ2) is 10.9. The third-order valence-corrected chi connectivity index (χ3v) is 6.72. The molecule has 0 radical (unpaired) electrons. The fraction of sp³-hybridized carbons (Fsp3) is 0.0667. The summed E-state index contributed by atoms with van der Waals surface area (Å²) in [5, 5.41) is 13.7. The molecule has 0 fully saturated rings. The molecule has 5 rings (SSSR count). The van der Waals surface area contributed by atoms with E-state index in [2.05, 4.69) is 5.32 Å². The SMILES string of the molecule is O=C(O)c1ccc(CNC(=O)c2cc(-c3ccc(F)c(F)c3)cc3ccn(Cc4cc(Cl)cc(Cl)c4)c23)cc1. The number of fused-ring (bicyclic) bond motifs is 1. The summed E-state index contributed by atoms with van der Waals surface area (Å²) in [6, 6.07) is 20.3. The summed E-state index contributed by atoms with van der Waals surface area (Å²) in [5.41, 5.74) is 3.61. The Morgan fingerprint density at radius 1 is 0.795 bits per heavy atom. The van der Waals surface area contributed by atoms with Crippen molar-refractivity contribution in [1.29, 1.82) is 0 Å². The van der Waals surface area contributed by atoms with E-state index in [0.717, 1.165) is 23.1 Å². The molecule has 5 nitrogen and oxygen atoms in total. The zero-order valence-electron chi connectivity index (χ0n) is 20.2. The van der Waals surface area contributed by atoms with E-state index >= 15 is 0 Å². The number of aromatic nitrogens is 1. The molecule has 0 saturated heterocycles. The molecule has 0 aliphatic rings. The first-order valence-electron chi connectivity index (χ1n) is 11.8. The Hall–Kier alpha value is -4.20. The third kappa shape index (κ3) is 5.79. The first-order chi connectivity index (χ1) is 18.7. The highest BCUT2D eigenvalue weighted by Crippen LogP contribution is 2.31. The number of rotatable bonds is 7. The summed E-state index contributed by atoms with van der Waals surface area (Å²) in [6.45, 7) is 0.533. The van der Waals surface area contributed by atoms with Gasteiger partial charge in [0.25, 0.3) is 5.91 Å². The summed E-state index contributed by atoms with van der Waals surface area (Å²) in [6.07, 6.45) is 1.83. The molecule has 1 aromatic heterocycles. The van der Waals surface area contributed by atoms with E-state index in [9.17, 15) is 18.4 Å². The van der Waals surface area contributed by atoms with Gasteiger partial charge in [-0.3, -0.25) is 4.79 Å². The molecular weight excluding hydrogens is 545 g/mol. The van der Waals surface area contributed by atoms with Crippen molar-refractivity contribution in [2.45, 2.75) is 13.1 Å². The number of hydrogen-bond acceptors (Lipinski definition) is 2. The average Bonchev–Trinajstić information content (AvgIpc) is 3.30. The predicted molar refractivity (Wildman–Crippen MR) is 147 cm³/mol. The molecule has 0 aliphatic carbocycles. The molecule has 0 unspecified atom stereocenters. The normalized spacial score (nSPS) is 11.1. The molecule has 0 atom stereocenters. The van der Waals surface area contributed by atoms with Crippen molar-refractivity contribution in [2.75, 3.05) is 0 Å². The molecule has 9 heteroatoms. The van der Waals surface area contributed by atoms with Crippen molar-refractivity contribution in [2.24, 2.45) is 0 Å². The Labute approximate surface area is 232 Å². The summed E-state index contributed by atoms with van der Waals surface area (Å²) >= 11 is 12.4. The summed E-state index contributed by atoms with van der Waals surface area (Å²) in [4.78, 5) is 24.6. The lowest BCUT2D eigenvalue weighted by atomic mass is 9.99. The van der Waals surface area contributed by atoms with Crippen LogP contribution in [0.3, 0.4) is 0 Å². The Morgan fingerprint density at radius 2 is 1.51 bits per heavy atom. The van der Waals surface area contributed by atoms with Crippen molar-refractivity contribution < 1.29 is 23.5 Å². The van der Waals surface area contributed by atoms with Crippen LogP contribution in [0.15, 0.2) is 85.1 Å². The van der Waals surface area contributed by atoms with Gasteiger partial charge in [0.1, 0.15) is 0 Å². The standard InChI is InChI=1S/C30H20Cl2F2N2O3/c31-23-9-18(10-24(32)14-23)16-36-8-7-21-11-22(20-5-6-26(33)27(34)13-20)12-25(28(21)36)29(37)35-15-17-1-3-19(4-2-17)30(38)39/h1-14H,15-16H2,(H,35,37)(H,38,39). The Morgan fingerprint density at radius 3 is 2.18 bits per heavy atom. The van der Waals surface area contributed by atoms with Gasteiger partial charge in [-0.25, -0.2) is 13.6 Å². The van der Waals surface area contributed by atoms with Crippen LogP contribution in [0.5, 0.6) is 0 Å². The van der Waals surface area contributed by atoms with E-state index in [-0.39, 0.29) is 12.1 Å². The average molecular weight is 565 g/mol. The lowest BCUT2D eigenvalue weighted by Gasteiger charge is -2.14. The quantitative estimate of drug-likeness (QED) is 0.214. The van der Waals surface area contributed by atoms with Gasteiger partial charge in [0, 0.05) is 34.7 Å². The Balaban J connectivity index is 1.54. The van der Waals surface area contributed by atoms with Crippen molar-refractivity contribution in [3.63, 3.8) is 0 Å². The highest BCUT2D eigenvalue weighted by atomic mass is 35.5. The van der Waals surface area contributed by atoms with Crippen LogP contribution in [0.1, 0.15) is 31.8 Å². The van der Waals surface area contributed by atoms with Crippen molar-refractivity contribution in [1.82, 2.24) is 9.88 Å². The Bertz CT molecular complexity index is 1710. The minimum Gasteiger partial charge on any atom is -0.478 e. The number of halogens is 4. The number of benzene rings is 4. The maximum Gasteiger partial charge on any atom is 0.335 e. The minimum atomic E-state index is -1.04. The van der Waals surface area contributed by atoms with Crippen LogP contribution in [0, 0.1) is 11.6 Å². The van der Waals surface area contributed by atoms with Crippen LogP contribution in [0.2, 0.25) is 10.0 Å². The molecule has 0 aliphatic heterocycles. The molecule has 0 bridgehead atoms. The fourth-order valence-electron chi connectivity index (χ4n) is 4.44. The van der Waals surface area contributed by atoms with Crippen LogP contribution in [0.4, 0.5) is 8.78 Å². The molecule has 0 spiro atoms. The molecule has 196 valence electrons. The second-order valence-electron chi connectivity index (χ2n) is 9.00. The number of hydrogen-bond donors (Lipinski definition) is 2. The summed E-state index contributed by atoms with van der Waals surface area (Å²) in [5.74, 6) is -3.38. The number of carbonyl (C=O) groups excluding carboxylic acids is 1. The van der Waals surface area contributed by atoms with E-state index in [1.807, 2.05) is 22.9 Å². The number of carbonyl (C=O) groups is 2. The van der Waals surface area contributed by atoms with Gasteiger partial charge >= 0.3 is 5.97 Å². The van der Waals surface area contributed by atoms with E-state index in [0.29, 0.717) is 44.4 Å². The summed E-state index contributed by atoms with van der Waals surface area (Å²) < 4.78 is 29.5. The summed E-state index contributed by atoms with van der Waals surface area (Å²) in [7, 11) is 0. The number of nitrogens with one attached hydrogen (secondary N) is 1. The number of aromatic carboxylic acids is 1. The van der Waals surface area contributed by atoms with Crippen LogP contribution in [0.25, 0.3) is 22.0 Å². The van der Waals surface area contributed by atoms with Gasteiger partial charge in [-0.05, 0) is 82.9 Å². The molecular formula is C30H20Cl2F2N2O3. The van der Waals surface area contributed by atoms with Gasteiger partial charge in [-0.1, -0.05) is 41.4 Å². The van der Waals surface area contributed by atoms with Crippen molar-refractivity contribution >= 4 is 46.0 Å². The van der Waals surface area contributed by atoms with E-state index < -0.39 is 23.5 Å². The van der Waals surface area contributed by atoms with Gasteiger partial charge in [-0.2, -0.15) is 0 Å². The fourth-order valence-corrected chi connectivity index (χ4v) is 5.01. The Kier molecular flexibility index (Phi) is 7.37. The number of amides is 1. The van der Waals surface area contributed by atoms with E-state index in [1.165, 1.54) is 18.2 Å². The smallest absolute Gasteiger partial charge is 0.335 e. The number of nitrogens with zero attached hydrogens (tertiary/aromatic N) is 1. The largest absolute Gasteiger partial charge is 0.478 e. The number of carboxylic acids is 1. The van der Waals surface area contributed by atoms with Crippen LogP contribution < -0.4 is 5.32 Å². The molecule has 1 heterocycles. The lowest BCUT2D eigenvalue weighted by molar-refractivity contribution is 0.0696. The molecule has 0 saturated carbocycles.